The highest BCUT2D eigenvalue weighted by Crippen LogP contribution is 2.07. The molecule has 13 nitrogen and oxygen atoms in total. The van der Waals surface area contributed by atoms with Crippen LogP contribution in [0.4, 0.5) is 0 Å². The van der Waals surface area contributed by atoms with Gasteiger partial charge in [0.1, 0.15) is 18.1 Å². The smallest absolute Gasteiger partial charge is 0.326 e. The van der Waals surface area contributed by atoms with Crippen molar-refractivity contribution in [1.29, 1.82) is 0 Å². The number of primary amides is 2. The molecule has 1 aromatic carbocycles. The van der Waals surface area contributed by atoms with Crippen LogP contribution in [0.1, 0.15) is 32.3 Å². The zero-order chi connectivity index (χ0) is 26.7. The Morgan fingerprint density at radius 3 is 1.80 bits per heavy atom. The first-order chi connectivity index (χ1) is 16.3. The summed E-state index contributed by atoms with van der Waals surface area (Å²) in [4.78, 5) is 72.3. The molecule has 0 bridgehead atoms. The highest BCUT2D eigenvalue weighted by molar-refractivity contribution is 5.96. The first kappa shape index (κ1) is 29.0. The zero-order valence-corrected chi connectivity index (χ0v) is 19.5. The summed E-state index contributed by atoms with van der Waals surface area (Å²) in [6.45, 7) is 3.14. The molecule has 0 aliphatic rings. The van der Waals surface area contributed by atoms with Crippen LogP contribution < -0.4 is 33.2 Å². The number of hydrogen-bond acceptors (Lipinski definition) is 7. The minimum Gasteiger partial charge on any atom is -0.480 e. The van der Waals surface area contributed by atoms with E-state index >= 15 is 0 Å². The summed E-state index contributed by atoms with van der Waals surface area (Å²) in [5.41, 5.74) is 16.6. The molecular weight excluding hydrogens is 460 g/mol. The number of carbonyl (C=O) groups excluding carboxylic acids is 5. The van der Waals surface area contributed by atoms with Gasteiger partial charge in [0.05, 0.1) is 18.9 Å². The number of carbonyl (C=O) groups is 6. The second-order valence-electron chi connectivity index (χ2n) is 8.33. The summed E-state index contributed by atoms with van der Waals surface area (Å²) in [5, 5.41) is 16.4. The van der Waals surface area contributed by atoms with Gasteiger partial charge in [-0.2, -0.15) is 0 Å². The van der Waals surface area contributed by atoms with Crippen molar-refractivity contribution < 1.29 is 33.9 Å². The molecule has 1 rings (SSSR count). The predicted octanol–water partition coefficient (Wildman–Crippen LogP) is -2.50. The van der Waals surface area contributed by atoms with E-state index in [1.54, 1.807) is 44.2 Å². The molecule has 0 aliphatic heterocycles. The SMILES string of the molecule is CC(C)C(NC(=O)C(CC(N)=O)NC(=O)C(Cc1ccccc1)NC(=O)C(N)CC(N)=O)C(=O)O. The van der Waals surface area contributed by atoms with Crippen LogP contribution in [-0.2, 0) is 35.2 Å². The maximum atomic E-state index is 13.1. The Hall–Kier alpha value is -4.00. The molecule has 0 aromatic heterocycles. The second kappa shape index (κ2) is 13.6. The van der Waals surface area contributed by atoms with Crippen LogP contribution in [-0.4, -0.2) is 64.8 Å². The van der Waals surface area contributed by atoms with Gasteiger partial charge in [-0.05, 0) is 11.5 Å². The number of rotatable bonds is 14. The molecule has 10 N–H and O–H groups in total. The maximum absolute atomic E-state index is 13.1. The third-order valence-electron chi connectivity index (χ3n) is 4.94. The first-order valence-electron chi connectivity index (χ1n) is 10.8. The number of hydrogen-bond donors (Lipinski definition) is 7. The third kappa shape index (κ3) is 10.2. The lowest BCUT2D eigenvalue weighted by Crippen LogP contribution is -2.58. The highest BCUT2D eigenvalue weighted by atomic mass is 16.4. The molecule has 0 fully saturated rings. The van der Waals surface area contributed by atoms with E-state index in [4.69, 9.17) is 17.2 Å². The van der Waals surface area contributed by atoms with Gasteiger partial charge in [0.25, 0.3) is 0 Å². The third-order valence-corrected chi connectivity index (χ3v) is 4.94. The number of nitrogens with one attached hydrogen (secondary N) is 3. The molecule has 0 saturated heterocycles. The Bertz CT molecular complexity index is 937. The summed E-state index contributed by atoms with van der Waals surface area (Å²) in [6.07, 6.45) is -1.09. The first-order valence-corrected chi connectivity index (χ1v) is 10.8. The summed E-state index contributed by atoms with van der Waals surface area (Å²) in [6, 6.07) is 3.22. The highest BCUT2D eigenvalue weighted by Gasteiger charge is 2.32. The van der Waals surface area contributed by atoms with Crippen molar-refractivity contribution in [2.75, 3.05) is 0 Å². The molecule has 0 saturated carbocycles. The molecule has 13 heteroatoms. The fraction of sp³-hybridized carbons (Fsp3) is 0.455. The van der Waals surface area contributed by atoms with Crippen molar-refractivity contribution in [2.45, 2.75) is 57.3 Å². The van der Waals surface area contributed by atoms with Crippen LogP contribution in [0.25, 0.3) is 0 Å². The van der Waals surface area contributed by atoms with Gasteiger partial charge in [-0.1, -0.05) is 44.2 Å². The quantitative estimate of drug-likeness (QED) is 0.146. The Kier molecular flexibility index (Phi) is 11.3. The molecule has 5 amide bonds. The normalized spacial score (nSPS) is 14.2. The Morgan fingerprint density at radius 2 is 1.31 bits per heavy atom. The predicted molar refractivity (Wildman–Crippen MR) is 124 cm³/mol. The minimum atomic E-state index is -1.50. The van der Waals surface area contributed by atoms with Gasteiger partial charge in [-0.25, -0.2) is 4.79 Å². The van der Waals surface area contributed by atoms with Gasteiger partial charge >= 0.3 is 5.97 Å². The van der Waals surface area contributed by atoms with E-state index in [0.29, 0.717) is 5.56 Å². The molecule has 0 radical (unpaired) electrons. The standard InChI is InChI=1S/C22H32N6O7/c1-11(2)18(22(34)35)28-21(33)15(10-17(25)30)27-20(32)14(8-12-6-4-3-5-7-12)26-19(31)13(23)9-16(24)29/h3-7,11,13-15,18H,8-10,23H2,1-2H3,(H2,24,29)(H2,25,30)(H,26,31)(H,27,32)(H,28,33)(H,34,35). The van der Waals surface area contributed by atoms with Crippen molar-refractivity contribution in [3.8, 4) is 0 Å². The zero-order valence-electron chi connectivity index (χ0n) is 19.5. The van der Waals surface area contributed by atoms with E-state index in [2.05, 4.69) is 16.0 Å². The van der Waals surface area contributed by atoms with E-state index in [1.807, 2.05) is 0 Å². The molecule has 0 heterocycles. The second-order valence-corrected chi connectivity index (χ2v) is 8.33. The summed E-state index contributed by atoms with van der Waals surface area (Å²) < 4.78 is 0. The van der Waals surface area contributed by atoms with E-state index in [0.717, 1.165) is 0 Å². The van der Waals surface area contributed by atoms with Gasteiger partial charge in [-0.15, -0.1) is 0 Å². The summed E-state index contributed by atoms with van der Waals surface area (Å²) in [5.74, 6) is -6.14. The summed E-state index contributed by atoms with van der Waals surface area (Å²) >= 11 is 0. The fourth-order valence-electron chi connectivity index (χ4n) is 3.10. The lowest BCUT2D eigenvalue weighted by atomic mass is 10.0. The average Bonchev–Trinajstić information content (AvgIpc) is 2.75. The molecule has 4 atom stereocenters. The van der Waals surface area contributed by atoms with Gasteiger partial charge in [0.2, 0.25) is 29.5 Å². The summed E-state index contributed by atoms with van der Waals surface area (Å²) in [7, 11) is 0. The molecule has 0 spiro atoms. The van der Waals surface area contributed by atoms with Crippen molar-refractivity contribution in [1.82, 2.24) is 16.0 Å². The largest absolute Gasteiger partial charge is 0.480 e. The van der Waals surface area contributed by atoms with Gasteiger partial charge in [0.15, 0.2) is 0 Å². The van der Waals surface area contributed by atoms with Crippen molar-refractivity contribution in [3.63, 3.8) is 0 Å². The molecule has 35 heavy (non-hydrogen) atoms. The Balaban J connectivity index is 3.12. The topological polar surface area (TPSA) is 237 Å². The van der Waals surface area contributed by atoms with Crippen LogP contribution in [0.5, 0.6) is 0 Å². The average molecular weight is 493 g/mol. The molecule has 0 aliphatic carbocycles. The van der Waals surface area contributed by atoms with E-state index in [9.17, 15) is 33.9 Å². The van der Waals surface area contributed by atoms with Crippen LogP contribution >= 0.6 is 0 Å². The van der Waals surface area contributed by atoms with Gasteiger partial charge in [0, 0.05) is 6.42 Å². The van der Waals surface area contributed by atoms with Crippen molar-refractivity contribution in [3.05, 3.63) is 35.9 Å². The number of aliphatic carboxylic acids is 1. The number of nitrogens with two attached hydrogens (primary N) is 3. The lowest BCUT2D eigenvalue weighted by molar-refractivity contribution is -0.143. The monoisotopic (exact) mass is 492 g/mol. The maximum Gasteiger partial charge on any atom is 0.326 e. The number of amides is 5. The number of carboxylic acids is 1. The van der Waals surface area contributed by atoms with Crippen LogP contribution in [0.15, 0.2) is 30.3 Å². The molecular formula is C22H32N6O7. The van der Waals surface area contributed by atoms with Crippen molar-refractivity contribution >= 4 is 35.5 Å². The van der Waals surface area contributed by atoms with Crippen LogP contribution in [0.2, 0.25) is 0 Å². The van der Waals surface area contributed by atoms with Crippen LogP contribution in [0, 0.1) is 5.92 Å². The lowest BCUT2D eigenvalue weighted by Gasteiger charge is -2.25. The van der Waals surface area contributed by atoms with Gasteiger partial charge < -0.3 is 38.3 Å². The molecule has 192 valence electrons. The molecule has 1 aromatic rings. The minimum absolute atomic E-state index is 0.0175. The van der Waals surface area contributed by atoms with E-state index in [-0.39, 0.29) is 6.42 Å². The molecule has 4 unspecified atom stereocenters. The fourth-order valence-corrected chi connectivity index (χ4v) is 3.10. The van der Waals surface area contributed by atoms with Gasteiger partial charge in [-0.3, -0.25) is 24.0 Å². The van der Waals surface area contributed by atoms with E-state index < -0.39 is 78.4 Å². The Morgan fingerprint density at radius 1 is 0.800 bits per heavy atom. The van der Waals surface area contributed by atoms with Crippen molar-refractivity contribution in [2.24, 2.45) is 23.1 Å². The Labute approximate surface area is 202 Å². The number of benzene rings is 1. The number of carboxylic acid groups (broad SMARTS) is 1. The van der Waals surface area contributed by atoms with Crippen LogP contribution in [0.3, 0.4) is 0 Å². The van der Waals surface area contributed by atoms with E-state index in [1.165, 1.54) is 0 Å².